The normalized spacial score (nSPS) is 10.6. The Morgan fingerprint density at radius 1 is 1.07 bits per heavy atom. The third-order valence-electron chi connectivity index (χ3n) is 3.55. The van der Waals surface area contributed by atoms with Crippen LogP contribution < -0.4 is 14.9 Å². The number of aryl methyl sites for hydroxylation is 1. The van der Waals surface area contributed by atoms with Crippen LogP contribution in [0.5, 0.6) is 11.5 Å². The van der Waals surface area contributed by atoms with Crippen molar-refractivity contribution in [2.45, 2.75) is 6.92 Å². The van der Waals surface area contributed by atoms with E-state index < -0.39 is 5.97 Å². The molecule has 0 unspecified atom stereocenters. The lowest BCUT2D eigenvalue weighted by Gasteiger charge is -2.05. The summed E-state index contributed by atoms with van der Waals surface area (Å²) in [4.78, 5) is 24.3. The van der Waals surface area contributed by atoms with Gasteiger partial charge < -0.3 is 9.47 Å². The lowest BCUT2D eigenvalue weighted by atomic mass is 10.2. The van der Waals surface area contributed by atoms with E-state index in [-0.39, 0.29) is 12.5 Å². The average molecular weight is 394 g/mol. The molecule has 142 valence electrons. The SMILES string of the molecule is Cc1cccc(OCC(=O)N/N=C\c2cccc(OC(=O)c3cccs3)c2)c1. The Labute approximate surface area is 166 Å². The highest BCUT2D eigenvalue weighted by Gasteiger charge is 2.09. The zero-order chi connectivity index (χ0) is 19.8. The minimum Gasteiger partial charge on any atom is -0.484 e. The van der Waals surface area contributed by atoms with E-state index in [1.165, 1.54) is 17.6 Å². The molecule has 1 N–H and O–H groups in total. The van der Waals surface area contributed by atoms with E-state index in [9.17, 15) is 9.59 Å². The molecule has 3 aromatic rings. The predicted octanol–water partition coefficient (Wildman–Crippen LogP) is 3.80. The fourth-order valence-electron chi connectivity index (χ4n) is 2.28. The van der Waals surface area contributed by atoms with Gasteiger partial charge in [0.05, 0.1) is 6.21 Å². The summed E-state index contributed by atoms with van der Waals surface area (Å²) in [7, 11) is 0. The summed E-state index contributed by atoms with van der Waals surface area (Å²) >= 11 is 1.32. The molecule has 0 radical (unpaired) electrons. The molecule has 7 heteroatoms. The number of hydrazone groups is 1. The molecule has 1 heterocycles. The molecule has 0 aliphatic rings. The van der Waals surface area contributed by atoms with Crippen molar-refractivity contribution in [2.75, 3.05) is 6.61 Å². The molecule has 28 heavy (non-hydrogen) atoms. The Hall–Kier alpha value is -3.45. The maximum Gasteiger partial charge on any atom is 0.353 e. The summed E-state index contributed by atoms with van der Waals surface area (Å²) < 4.78 is 10.7. The molecule has 0 saturated heterocycles. The molecule has 0 aliphatic carbocycles. The van der Waals surface area contributed by atoms with Gasteiger partial charge in [-0.05, 0) is 53.8 Å². The lowest BCUT2D eigenvalue weighted by Crippen LogP contribution is -2.24. The number of hydrogen-bond acceptors (Lipinski definition) is 6. The van der Waals surface area contributed by atoms with Crippen LogP contribution in [0.2, 0.25) is 0 Å². The van der Waals surface area contributed by atoms with Crippen LogP contribution in [-0.4, -0.2) is 24.7 Å². The number of carbonyl (C=O) groups is 2. The second kappa shape index (κ2) is 9.48. The number of amides is 1. The number of rotatable bonds is 7. The summed E-state index contributed by atoms with van der Waals surface area (Å²) in [6.45, 7) is 1.81. The first-order valence-corrected chi connectivity index (χ1v) is 9.35. The van der Waals surface area contributed by atoms with Gasteiger partial charge >= 0.3 is 5.97 Å². The van der Waals surface area contributed by atoms with Gasteiger partial charge in [0.2, 0.25) is 0 Å². The minimum absolute atomic E-state index is 0.140. The van der Waals surface area contributed by atoms with E-state index in [1.807, 2.05) is 30.5 Å². The van der Waals surface area contributed by atoms with Crippen molar-refractivity contribution in [3.63, 3.8) is 0 Å². The number of nitrogens with zero attached hydrogens (tertiary/aromatic N) is 1. The third-order valence-corrected chi connectivity index (χ3v) is 4.40. The third kappa shape index (κ3) is 5.78. The van der Waals surface area contributed by atoms with Crippen LogP contribution >= 0.6 is 11.3 Å². The van der Waals surface area contributed by atoms with Gasteiger partial charge in [-0.3, -0.25) is 4.79 Å². The lowest BCUT2D eigenvalue weighted by molar-refractivity contribution is -0.123. The zero-order valence-electron chi connectivity index (χ0n) is 15.1. The fraction of sp³-hybridized carbons (Fsp3) is 0.0952. The fourth-order valence-corrected chi connectivity index (χ4v) is 2.87. The summed E-state index contributed by atoms with van der Waals surface area (Å²) in [5, 5.41) is 5.71. The zero-order valence-corrected chi connectivity index (χ0v) is 15.9. The summed E-state index contributed by atoms with van der Waals surface area (Å²) in [6, 6.07) is 17.8. The molecule has 0 saturated carbocycles. The Morgan fingerprint density at radius 3 is 2.68 bits per heavy atom. The van der Waals surface area contributed by atoms with E-state index in [2.05, 4.69) is 10.5 Å². The van der Waals surface area contributed by atoms with Gasteiger partial charge in [-0.25, -0.2) is 10.2 Å². The van der Waals surface area contributed by atoms with Gasteiger partial charge in [0.1, 0.15) is 16.4 Å². The van der Waals surface area contributed by atoms with Crippen molar-refractivity contribution in [1.82, 2.24) is 5.43 Å². The van der Waals surface area contributed by atoms with Crippen molar-refractivity contribution < 1.29 is 19.1 Å². The molecular formula is C21H18N2O4S. The number of hydrogen-bond donors (Lipinski definition) is 1. The van der Waals surface area contributed by atoms with Crippen LogP contribution in [0.3, 0.4) is 0 Å². The quantitative estimate of drug-likeness (QED) is 0.286. The molecular weight excluding hydrogens is 376 g/mol. The van der Waals surface area contributed by atoms with Crippen LogP contribution in [0.1, 0.15) is 20.8 Å². The molecule has 0 fully saturated rings. The number of benzene rings is 2. The molecule has 0 atom stereocenters. The van der Waals surface area contributed by atoms with Gasteiger partial charge in [-0.2, -0.15) is 5.10 Å². The van der Waals surface area contributed by atoms with E-state index in [1.54, 1.807) is 42.5 Å². The standard InChI is InChI=1S/C21H18N2O4S/c1-15-5-2-7-17(11-15)26-14-20(24)23-22-13-16-6-3-8-18(12-16)27-21(25)19-9-4-10-28-19/h2-13H,14H2,1H3,(H,23,24)/b22-13-. The maximum absolute atomic E-state index is 12.0. The Balaban J connectivity index is 1.50. The largest absolute Gasteiger partial charge is 0.484 e. The first-order valence-electron chi connectivity index (χ1n) is 8.47. The van der Waals surface area contributed by atoms with Crippen molar-refractivity contribution in [3.8, 4) is 11.5 Å². The predicted molar refractivity (Wildman–Crippen MR) is 108 cm³/mol. The summed E-state index contributed by atoms with van der Waals surface area (Å²) in [5.41, 5.74) is 4.13. The molecule has 0 aliphatic heterocycles. The van der Waals surface area contributed by atoms with Crippen LogP contribution in [0.25, 0.3) is 0 Å². The van der Waals surface area contributed by atoms with Crippen LogP contribution in [-0.2, 0) is 4.79 Å². The van der Waals surface area contributed by atoms with Crippen LogP contribution in [0.15, 0.2) is 71.1 Å². The minimum atomic E-state index is -0.411. The van der Waals surface area contributed by atoms with Crippen molar-refractivity contribution in [3.05, 3.63) is 82.0 Å². The molecule has 2 aromatic carbocycles. The highest BCUT2D eigenvalue weighted by atomic mass is 32.1. The maximum atomic E-state index is 12.0. The molecule has 3 rings (SSSR count). The Kier molecular flexibility index (Phi) is 6.54. The van der Waals surface area contributed by atoms with E-state index in [0.29, 0.717) is 21.9 Å². The second-order valence-electron chi connectivity index (χ2n) is 5.84. The first kappa shape index (κ1) is 19.3. The van der Waals surface area contributed by atoms with E-state index in [4.69, 9.17) is 9.47 Å². The number of ether oxygens (including phenoxy) is 2. The summed E-state index contributed by atoms with van der Waals surface area (Å²) in [5.74, 6) is 0.236. The monoisotopic (exact) mass is 394 g/mol. The average Bonchev–Trinajstić information content (AvgIpc) is 3.22. The smallest absolute Gasteiger partial charge is 0.353 e. The number of thiophene rings is 1. The van der Waals surface area contributed by atoms with Crippen molar-refractivity contribution in [1.29, 1.82) is 0 Å². The highest BCUT2D eigenvalue weighted by molar-refractivity contribution is 7.12. The topological polar surface area (TPSA) is 77.0 Å². The van der Waals surface area contributed by atoms with Crippen LogP contribution in [0, 0.1) is 6.92 Å². The van der Waals surface area contributed by atoms with Crippen LogP contribution in [0.4, 0.5) is 0 Å². The number of esters is 1. The van der Waals surface area contributed by atoms with Crippen molar-refractivity contribution in [2.24, 2.45) is 5.10 Å². The first-order chi connectivity index (χ1) is 13.6. The molecule has 0 bridgehead atoms. The van der Waals surface area contributed by atoms with Gasteiger partial charge in [0, 0.05) is 0 Å². The number of nitrogens with one attached hydrogen (secondary N) is 1. The van der Waals surface area contributed by atoms with Gasteiger partial charge in [-0.15, -0.1) is 11.3 Å². The summed E-state index contributed by atoms with van der Waals surface area (Å²) in [6.07, 6.45) is 1.47. The second-order valence-corrected chi connectivity index (χ2v) is 6.79. The molecule has 0 spiro atoms. The van der Waals surface area contributed by atoms with E-state index >= 15 is 0 Å². The van der Waals surface area contributed by atoms with Gasteiger partial charge in [0.15, 0.2) is 6.61 Å². The number of carbonyl (C=O) groups excluding carboxylic acids is 2. The Bertz CT molecular complexity index is 984. The van der Waals surface area contributed by atoms with E-state index in [0.717, 1.165) is 5.56 Å². The Morgan fingerprint density at radius 2 is 1.89 bits per heavy atom. The molecule has 1 aromatic heterocycles. The van der Waals surface area contributed by atoms with Gasteiger partial charge in [-0.1, -0.05) is 30.3 Å². The van der Waals surface area contributed by atoms with Gasteiger partial charge in [0.25, 0.3) is 5.91 Å². The van der Waals surface area contributed by atoms with Crippen molar-refractivity contribution >= 4 is 29.4 Å². The molecule has 6 nitrogen and oxygen atoms in total. The molecule has 1 amide bonds. The highest BCUT2D eigenvalue weighted by Crippen LogP contribution is 2.16.